The van der Waals surface area contributed by atoms with Gasteiger partial charge in [-0.3, -0.25) is 4.79 Å². The third-order valence-corrected chi connectivity index (χ3v) is 1.87. The molecule has 1 heterocycles. The summed E-state index contributed by atoms with van der Waals surface area (Å²) in [4.78, 5) is 21.9. The number of cyclic esters (lactones) is 2. The fraction of sp³-hybridized carbons (Fsp3) is 0.111. The van der Waals surface area contributed by atoms with Crippen LogP contribution in [0.5, 0.6) is 5.75 Å². The van der Waals surface area contributed by atoms with Gasteiger partial charge in [0.2, 0.25) is 0 Å². The lowest BCUT2D eigenvalue weighted by Crippen LogP contribution is -2.22. The van der Waals surface area contributed by atoms with Gasteiger partial charge < -0.3 is 9.84 Å². The quantitative estimate of drug-likeness (QED) is 0.467. The minimum atomic E-state index is -0.774. The molecule has 0 bridgehead atoms. The van der Waals surface area contributed by atoms with Gasteiger partial charge in [-0.15, -0.1) is 0 Å². The molecule has 0 aliphatic carbocycles. The van der Waals surface area contributed by atoms with E-state index >= 15 is 0 Å². The van der Waals surface area contributed by atoms with Crippen molar-refractivity contribution in [3.8, 4) is 5.75 Å². The average molecular weight is 178 g/mol. The molecule has 4 nitrogen and oxygen atoms in total. The van der Waals surface area contributed by atoms with Gasteiger partial charge in [-0.2, -0.15) is 0 Å². The lowest BCUT2D eigenvalue weighted by molar-refractivity contribution is -0.137. The predicted octanol–water partition coefficient (Wildman–Crippen LogP) is 0.632. The van der Waals surface area contributed by atoms with Crippen molar-refractivity contribution in [2.75, 3.05) is 0 Å². The number of fused-ring (bicyclic) bond motifs is 1. The second-order valence-corrected chi connectivity index (χ2v) is 2.75. The first-order valence-corrected chi connectivity index (χ1v) is 3.74. The maximum Gasteiger partial charge on any atom is 0.349 e. The van der Waals surface area contributed by atoms with E-state index in [-0.39, 0.29) is 17.7 Å². The number of hydrogen-bond donors (Lipinski definition) is 1. The zero-order chi connectivity index (χ0) is 9.42. The van der Waals surface area contributed by atoms with Gasteiger partial charge in [0.1, 0.15) is 11.3 Å². The van der Waals surface area contributed by atoms with E-state index in [1.54, 1.807) is 12.1 Å². The molecule has 13 heavy (non-hydrogen) atoms. The number of ether oxygens (including phenoxy) is 1. The Morgan fingerprint density at radius 1 is 1.31 bits per heavy atom. The molecule has 4 heteroatoms. The van der Waals surface area contributed by atoms with E-state index < -0.39 is 11.9 Å². The number of aromatic hydroxyl groups is 1. The van der Waals surface area contributed by atoms with Crippen LogP contribution in [0.3, 0.4) is 0 Å². The zero-order valence-corrected chi connectivity index (χ0v) is 6.61. The zero-order valence-electron chi connectivity index (χ0n) is 6.61. The minimum Gasteiger partial charge on any atom is -0.507 e. The van der Waals surface area contributed by atoms with Crippen LogP contribution in [0.15, 0.2) is 18.2 Å². The molecule has 66 valence electrons. The van der Waals surface area contributed by atoms with Gasteiger partial charge in [0, 0.05) is 0 Å². The highest BCUT2D eigenvalue weighted by Crippen LogP contribution is 2.25. The van der Waals surface area contributed by atoms with Crippen LogP contribution in [-0.4, -0.2) is 17.0 Å². The standard InChI is InChI=1S/C9H6O4/c10-6-3-1-2-5-4-7(11)13-9(12)8(5)6/h1-3,10H,4H2. The van der Waals surface area contributed by atoms with E-state index in [2.05, 4.69) is 4.74 Å². The number of rotatable bonds is 0. The van der Waals surface area contributed by atoms with Crippen molar-refractivity contribution in [3.05, 3.63) is 29.3 Å². The van der Waals surface area contributed by atoms with E-state index in [9.17, 15) is 14.7 Å². The molecular weight excluding hydrogens is 172 g/mol. The van der Waals surface area contributed by atoms with Crippen LogP contribution in [0.25, 0.3) is 0 Å². The Morgan fingerprint density at radius 2 is 2.08 bits per heavy atom. The lowest BCUT2D eigenvalue weighted by Gasteiger charge is -2.14. The molecule has 0 unspecified atom stereocenters. The fourth-order valence-corrected chi connectivity index (χ4v) is 1.32. The number of carbonyl (C=O) groups excluding carboxylic acids is 2. The van der Waals surface area contributed by atoms with Gasteiger partial charge in [0.15, 0.2) is 0 Å². The molecule has 2 rings (SSSR count). The van der Waals surface area contributed by atoms with Gasteiger partial charge in [-0.25, -0.2) is 4.79 Å². The Bertz CT molecular complexity index is 395. The van der Waals surface area contributed by atoms with Gasteiger partial charge in [0.05, 0.1) is 6.42 Å². The molecule has 0 fully saturated rings. The second-order valence-electron chi connectivity index (χ2n) is 2.75. The summed E-state index contributed by atoms with van der Waals surface area (Å²) in [7, 11) is 0. The number of phenolic OH excluding ortho intramolecular Hbond substituents is 1. The molecule has 1 aliphatic rings. The lowest BCUT2D eigenvalue weighted by atomic mass is 10.0. The molecular formula is C9H6O4. The van der Waals surface area contributed by atoms with Crippen LogP contribution in [-0.2, 0) is 16.0 Å². The van der Waals surface area contributed by atoms with Crippen LogP contribution in [0.1, 0.15) is 15.9 Å². The Morgan fingerprint density at radius 3 is 2.85 bits per heavy atom. The fourth-order valence-electron chi connectivity index (χ4n) is 1.32. The minimum absolute atomic E-state index is 0.0372. The number of esters is 2. The molecule has 0 saturated heterocycles. The van der Waals surface area contributed by atoms with E-state index in [1.165, 1.54) is 6.07 Å². The summed E-state index contributed by atoms with van der Waals surface area (Å²) < 4.78 is 4.36. The highest BCUT2D eigenvalue weighted by molar-refractivity contribution is 6.04. The molecule has 1 aromatic rings. The van der Waals surface area contributed by atoms with Crippen molar-refractivity contribution in [1.82, 2.24) is 0 Å². The number of benzene rings is 1. The van der Waals surface area contributed by atoms with Gasteiger partial charge in [0.25, 0.3) is 0 Å². The highest BCUT2D eigenvalue weighted by atomic mass is 16.6. The van der Waals surface area contributed by atoms with Crippen LogP contribution in [0, 0.1) is 0 Å². The first-order chi connectivity index (χ1) is 6.18. The van der Waals surface area contributed by atoms with Gasteiger partial charge in [-0.05, 0) is 11.6 Å². The number of hydrogen-bond acceptors (Lipinski definition) is 4. The first kappa shape index (κ1) is 7.79. The molecule has 1 aromatic carbocycles. The molecule has 1 aliphatic heterocycles. The van der Waals surface area contributed by atoms with Crippen LogP contribution in [0.2, 0.25) is 0 Å². The molecule has 0 radical (unpaired) electrons. The largest absolute Gasteiger partial charge is 0.507 e. The molecule has 0 saturated carbocycles. The summed E-state index contributed by atoms with van der Waals surface area (Å²) in [6.07, 6.45) is 0.0372. The van der Waals surface area contributed by atoms with Gasteiger partial charge in [-0.1, -0.05) is 12.1 Å². The summed E-state index contributed by atoms with van der Waals surface area (Å²) in [6.45, 7) is 0. The maximum absolute atomic E-state index is 11.1. The van der Waals surface area contributed by atoms with Crippen molar-refractivity contribution in [3.63, 3.8) is 0 Å². The van der Waals surface area contributed by atoms with Crippen molar-refractivity contribution in [2.24, 2.45) is 0 Å². The normalized spacial score (nSPS) is 15.1. The average Bonchev–Trinajstić information content (AvgIpc) is 2.02. The van der Waals surface area contributed by atoms with Crippen LogP contribution < -0.4 is 0 Å². The summed E-state index contributed by atoms with van der Waals surface area (Å²) >= 11 is 0. The van der Waals surface area contributed by atoms with Crippen LogP contribution in [0.4, 0.5) is 0 Å². The molecule has 0 amide bonds. The summed E-state index contributed by atoms with van der Waals surface area (Å²) in [6, 6.07) is 4.59. The van der Waals surface area contributed by atoms with Gasteiger partial charge >= 0.3 is 11.9 Å². The third kappa shape index (κ3) is 1.16. The van der Waals surface area contributed by atoms with Crippen molar-refractivity contribution in [1.29, 1.82) is 0 Å². The monoisotopic (exact) mass is 178 g/mol. The Hall–Kier alpha value is -1.84. The topological polar surface area (TPSA) is 63.6 Å². The van der Waals surface area contributed by atoms with E-state index in [0.29, 0.717) is 5.56 Å². The van der Waals surface area contributed by atoms with Crippen molar-refractivity contribution in [2.45, 2.75) is 6.42 Å². The Kier molecular flexibility index (Phi) is 1.55. The van der Waals surface area contributed by atoms with E-state index in [4.69, 9.17) is 0 Å². The second kappa shape index (κ2) is 2.58. The summed E-state index contributed by atoms with van der Waals surface area (Å²) in [5.74, 6) is -1.50. The third-order valence-electron chi connectivity index (χ3n) is 1.87. The molecule has 0 spiro atoms. The van der Waals surface area contributed by atoms with Crippen LogP contribution >= 0.6 is 0 Å². The summed E-state index contributed by atoms with van der Waals surface area (Å²) in [5.41, 5.74) is 0.614. The summed E-state index contributed by atoms with van der Waals surface area (Å²) in [5, 5.41) is 9.30. The first-order valence-electron chi connectivity index (χ1n) is 3.74. The predicted molar refractivity (Wildman–Crippen MR) is 42.2 cm³/mol. The van der Waals surface area contributed by atoms with Crippen molar-refractivity contribution >= 4 is 11.9 Å². The SMILES string of the molecule is O=C1Cc2cccc(O)c2C(=O)O1. The maximum atomic E-state index is 11.1. The molecule has 1 N–H and O–H groups in total. The molecule has 0 atom stereocenters. The number of phenols is 1. The van der Waals surface area contributed by atoms with E-state index in [1.807, 2.05) is 0 Å². The Balaban J connectivity index is 2.61. The smallest absolute Gasteiger partial charge is 0.349 e. The molecule has 0 aromatic heterocycles. The highest BCUT2D eigenvalue weighted by Gasteiger charge is 2.26. The van der Waals surface area contributed by atoms with E-state index in [0.717, 1.165) is 0 Å². The number of carbonyl (C=O) groups is 2. The van der Waals surface area contributed by atoms with Crippen molar-refractivity contribution < 1.29 is 19.4 Å². The Labute approximate surface area is 73.8 Å².